The highest BCUT2D eigenvalue weighted by molar-refractivity contribution is 5.91. The van der Waals surface area contributed by atoms with Crippen molar-refractivity contribution in [2.75, 3.05) is 63.6 Å². The number of methoxy groups -OCH3 is 1. The van der Waals surface area contributed by atoms with Crippen molar-refractivity contribution in [1.29, 1.82) is 0 Å². The molecule has 0 aliphatic carbocycles. The van der Waals surface area contributed by atoms with Gasteiger partial charge in [0.2, 0.25) is 0 Å². The molecule has 1 aliphatic rings. The van der Waals surface area contributed by atoms with Crippen molar-refractivity contribution >= 4 is 23.2 Å². The number of hydrogen-bond acceptors (Lipinski definition) is 5. The smallest absolute Gasteiger partial charge is 0.279 e. The lowest BCUT2D eigenvalue weighted by Crippen LogP contribution is -3.11. The molecule has 2 aromatic rings. The van der Waals surface area contributed by atoms with Crippen LogP contribution in [-0.4, -0.2) is 75.2 Å². The predicted octanol–water partition coefficient (Wildman–Crippen LogP) is 0.203. The number of phenols is 1. The van der Waals surface area contributed by atoms with Crippen LogP contribution >= 0.6 is 0 Å². The number of carbonyl (C=O) groups is 2. The van der Waals surface area contributed by atoms with E-state index in [2.05, 4.69) is 10.2 Å². The number of carbonyl (C=O) groups excluding carboxylic acids is 2. The largest absolute Gasteiger partial charge is 0.508 e. The lowest BCUT2D eigenvalue weighted by Gasteiger charge is -2.36. The van der Waals surface area contributed by atoms with Crippen LogP contribution in [0.25, 0.3) is 0 Å². The number of benzene rings is 2. The van der Waals surface area contributed by atoms with E-state index in [1.807, 2.05) is 36.2 Å². The quantitative estimate of drug-likeness (QED) is 0.604. The molecular weight excluding hydrogens is 384 g/mol. The zero-order valence-corrected chi connectivity index (χ0v) is 17.4. The predicted molar refractivity (Wildman–Crippen MR) is 115 cm³/mol. The number of nitrogens with one attached hydrogen (secondary N) is 2. The molecule has 2 amide bonds. The third kappa shape index (κ3) is 5.87. The SMILES string of the molecule is COc1cccc(NC(=O)C[NH+](C)CC(=O)N2CCN(c3ccc(O)cc3)CC2)c1. The highest BCUT2D eigenvalue weighted by Crippen LogP contribution is 2.20. The molecule has 1 saturated heterocycles. The molecule has 3 rings (SSSR count). The second-order valence-corrected chi connectivity index (χ2v) is 7.48. The normalized spacial score (nSPS) is 14.9. The molecule has 1 unspecified atom stereocenters. The first-order valence-corrected chi connectivity index (χ1v) is 10.0. The van der Waals surface area contributed by atoms with Crippen LogP contribution in [0.3, 0.4) is 0 Å². The molecule has 1 heterocycles. The summed E-state index contributed by atoms with van der Waals surface area (Å²) < 4.78 is 5.16. The topological polar surface area (TPSA) is 86.5 Å². The minimum atomic E-state index is -0.147. The standard InChI is InChI=1S/C22H28N4O4/c1-24(15-21(28)23-17-4-3-5-20(14-17)30-2)16-22(29)26-12-10-25(11-13-26)18-6-8-19(27)9-7-18/h3-9,14,27H,10-13,15-16H2,1-2H3,(H,23,28)/p+1. The van der Waals surface area contributed by atoms with Gasteiger partial charge in [0.25, 0.3) is 11.8 Å². The Morgan fingerprint density at radius 2 is 1.77 bits per heavy atom. The van der Waals surface area contributed by atoms with Crippen LogP contribution in [0.2, 0.25) is 0 Å². The van der Waals surface area contributed by atoms with Gasteiger partial charge in [-0.15, -0.1) is 0 Å². The summed E-state index contributed by atoms with van der Waals surface area (Å²) in [5.41, 5.74) is 1.71. The molecule has 3 N–H and O–H groups in total. The Kier molecular flexibility index (Phi) is 7.13. The van der Waals surface area contributed by atoms with E-state index in [-0.39, 0.29) is 30.7 Å². The number of anilines is 2. The zero-order valence-electron chi connectivity index (χ0n) is 17.4. The van der Waals surface area contributed by atoms with Crippen LogP contribution in [0.1, 0.15) is 0 Å². The fraction of sp³-hybridized carbons (Fsp3) is 0.364. The van der Waals surface area contributed by atoms with Crippen molar-refractivity contribution in [3.8, 4) is 11.5 Å². The van der Waals surface area contributed by atoms with Crippen LogP contribution in [0.4, 0.5) is 11.4 Å². The van der Waals surface area contributed by atoms with E-state index in [1.54, 1.807) is 31.4 Å². The summed E-state index contributed by atoms with van der Waals surface area (Å²) in [6.45, 7) is 3.24. The van der Waals surface area contributed by atoms with Crippen molar-refractivity contribution in [2.45, 2.75) is 0 Å². The van der Waals surface area contributed by atoms with E-state index in [4.69, 9.17) is 4.74 Å². The van der Waals surface area contributed by atoms with Gasteiger partial charge in [0.05, 0.1) is 14.2 Å². The third-order valence-corrected chi connectivity index (χ3v) is 5.12. The summed E-state index contributed by atoms with van der Waals surface area (Å²) in [6.07, 6.45) is 0. The number of quaternary nitrogens is 1. The number of piperazine rings is 1. The van der Waals surface area contributed by atoms with Gasteiger partial charge in [0.1, 0.15) is 11.5 Å². The summed E-state index contributed by atoms with van der Waals surface area (Å²) in [6, 6.07) is 14.3. The van der Waals surface area contributed by atoms with Crippen LogP contribution in [0, 0.1) is 0 Å². The minimum absolute atomic E-state index is 0.0482. The number of phenolic OH excluding ortho intramolecular Hbond substituents is 1. The Morgan fingerprint density at radius 1 is 1.07 bits per heavy atom. The van der Waals surface area contributed by atoms with Gasteiger partial charge in [-0.25, -0.2) is 0 Å². The van der Waals surface area contributed by atoms with E-state index in [9.17, 15) is 14.7 Å². The number of amides is 2. The van der Waals surface area contributed by atoms with Crippen molar-refractivity contribution in [2.24, 2.45) is 0 Å². The molecule has 8 nitrogen and oxygen atoms in total. The van der Waals surface area contributed by atoms with Gasteiger partial charge in [-0.2, -0.15) is 0 Å². The van der Waals surface area contributed by atoms with Gasteiger partial charge in [-0.05, 0) is 36.4 Å². The third-order valence-electron chi connectivity index (χ3n) is 5.12. The number of ether oxygens (including phenoxy) is 1. The lowest BCUT2D eigenvalue weighted by molar-refractivity contribution is -0.862. The lowest BCUT2D eigenvalue weighted by atomic mass is 10.2. The first-order valence-electron chi connectivity index (χ1n) is 10.0. The van der Waals surface area contributed by atoms with Crippen LogP contribution in [-0.2, 0) is 9.59 Å². The van der Waals surface area contributed by atoms with Crippen molar-refractivity contribution in [1.82, 2.24) is 4.90 Å². The summed E-state index contributed by atoms with van der Waals surface area (Å²) in [4.78, 5) is 29.8. The molecule has 1 fully saturated rings. The monoisotopic (exact) mass is 413 g/mol. The number of hydrogen-bond donors (Lipinski definition) is 3. The molecule has 0 aromatic heterocycles. The van der Waals surface area contributed by atoms with Gasteiger partial charge in [-0.1, -0.05) is 6.07 Å². The fourth-order valence-corrected chi connectivity index (χ4v) is 3.49. The van der Waals surface area contributed by atoms with Gasteiger partial charge >= 0.3 is 0 Å². The van der Waals surface area contributed by atoms with Crippen molar-refractivity contribution < 1.29 is 24.3 Å². The Hall–Kier alpha value is -3.26. The van der Waals surface area contributed by atoms with Crippen LogP contribution < -0.4 is 19.9 Å². The van der Waals surface area contributed by atoms with Crippen LogP contribution in [0.5, 0.6) is 11.5 Å². The van der Waals surface area contributed by atoms with Crippen molar-refractivity contribution in [3.63, 3.8) is 0 Å². The molecule has 8 heteroatoms. The average Bonchev–Trinajstić information content (AvgIpc) is 2.74. The molecule has 0 radical (unpaired) electrons. The van der Waals surface area contributed by atoms with E-state index in [1.165, 1.54) is 0 Å². The molecule has 0 bridgehead atoms. The van der Waals surface area contributed by atoms with Gasteiger partial charge in [0, 0.05) is 43.6 Å². The zero-order chi connectivity index (χ0) is 21.5. The summed E-state index contributed by atoms with van der Waals surface area (Å²) in [5, 5.41) is 12.3. The Labute approximate surface area is 176 Å². The molecule has 160 valence electrons. The summed E-state index contributed by atoms with van der Waals surface area (Å²) in [7, 11) is 3.42. The number of aromatic hydroxyl groups is 1. The van der Waals surface area contributed by atoms with Crippen LogP contribution in [0.15, 0.2) is 48.5 Å². The Bertz CT molecular complexity index is 864. The molecule has 30 heavy (non-hydrogen) atoms. The molecule has 2 aromatic carbocycles. The van der Waals surface area contributed by atoms with E-state index in [0.29, 0.717) is 24.5 Å². The highest BCUT2D eigenvalue weighted by atomic mass is 16.5. The number of likely N-dealkylation sites (N-methyl/N-ethyl adjacent to an activating group) is 1. The van der Waals surface area contributed by atoms with E-state index >= 15 is 0 Å². The van der Waals surface area contributed by atoms with E-state index in [0.717, 1.165) is 23.7 Å². The summed E-state index contributed by atoms with van der Waals surface area (Å²) in [5.74, 6) is 0.821. The number of rotatable bonds is 7. The van der Waals surface area contributed by atoms with Gasteiger partial charge < -0.3 is 29.9 Å². The second-order valence-electron chi connectivity index (χ2n) is 7.48. The highest BCUT2D eigenvalue weighted by Gasteiger charge is 2.24. The molecule has 0 saturated carbocycles. The first-order chi connectivity index (χ1) is 14.4. The molecule has 0 spiro atoms. The maximum absolute atomic E-state index is 12.6. The maximum atomic E-state index is 12.6. The van der Waals surface area contributed by atoms with Crippen molar-refractivity contribution in [3.05, 3.63) is 48.5 Å². The fourth-order valence-electron chi connectivity index (χ4n) is 3.49. The van der Waals surface area contributed by atoms with Gasteiger partial charge in [-0.3, -0.25) is 9.59 Å². The maximum Gasteiger partial charge on any atom is 0.279 e. The molecule has 1 atom stereocenters. The molecular formula is C22H29N4O4+. The minimum Gasteiger partial charge on any atom is -0.508 e. The first kappa shape index (κ1) is 21.4. The Morgan fingerprint density at radius 3 is 2.43 bits per heavy atom. The van der Waals surface area contributed by atoms with Gasteiger partial charge in [0.15, 0.2) is 13.1 Å². The summed E-state index contributed by atoms with van der Waals surface area (Å²) >= 11 is 0. The average molecular weight is 413 g/mol. The van der Waals surface area contributed by atoms with E-state index < -0.39 is 0 Å². The Balaban J connectivity index is 1.43. The number of nitrogens with zero attached hydrogens (tertiary/aromatic N) is 2. The second kappa shape index (κ2) is 9.98. The molecule has 1 aliphatic heterocycles.